The van der Waals surface area contributed by atoms with Crippen LogP contribution in [0.1, 0.15) is 19.3 Å². The van der Waals surface area contributed by atoms with Gasteiger partial charge in [0.1, 0.15) is 5.76 Å². The lowest BCUT2D eigenvalue weighted by atomic mass is 9.80. The molecule has 0 radical (unpaired) electrons. The van der Waals surface area contributed by atoms with E-state index in [1.807, 2.05) is 18.2 Å². The normalized spacial score (nSPS) is 25.4. The van der Waals surface area contributed by atoms with E-state index >= 15 is 0 Å². The molecule has 0 aromatic heterocycles. The van der Waals surface area contributed by atoms with Crippen LogP contribution in [0, 0.1) is 5.92 Å². The zero-order valence-corrected chi connectivity index (χ0v) is 11.7. The van der Waals surface area contributed by atoms with Crippen LogP contribution in [0.4, 0.5) is 8.78 Å². The summed E-state index contributed by atoms with van der Waals surface area (Å²) >= 11 is 0. The number of amides is 1. The number of carbonyl (C=O) groups excluding carboxylic acids is 1. The molecule has 0 spiro atoms. The van der Waals surface area contributed by atoms with Crippen molar-refractivity contribution in [3.8, 4) is 0 Å². The zero-order valence-electron chi connectivity index (χ0n) is 11.7. The predicted molar refractivity (Wildman–Crippen MR) is 72.2 cm³/mol. The van der Waals surface area contributed by atoms with Gasteiger partial charge in [0, 0.05) is 19.5 Å². The molecule has 0 aromatic carbocycles. The minimum Gasteiger partial charge on any atom is -0.500 e. The minimum absolute atomic E-state index is 0.0506. The van der Waals surface area contributed by atoms with Crippen molar-refractivity contribution in [1.29, 1.82) is 0 Å². The van der Waals surface area contributed by atoms with Gasteiger partial charge in [-0.2, -0.15) is 0 Å². The summed E-state index contributed by atoms with van der Waals surface area (Å²) in [6.45, 7) is 0. The van der Waals surface area contributed by atoms with Crippen molar-refractivity contribution in [3.63, 3.8) is 0 Å². The van der Waals surface area contributed by atoms with Gasteiger partial charge in [-0.05, 0) is 18.9 Å². The Balaban J connectivity index is 2.19. The average molecular weight is 283 g/mol. The van der Waals surface area contributed by atoms with Crippen molar-refractivity contribution in [3.05, 3.63) is 35.6 Å². The third-order valence-electron chi connectivity index (χ3n) is 3.84. The Morgan fingerprint density at radius 2 is 2.20 bits per heavy atom. The molecule has 20 heavy (non-hydrogen) atoms. The van der Waals surface area contributed by atoms with E-state index in [-0.39, 0.29) is 24.3 Å². The first-order valence-electron chi connectivity index (χ1n) is 6.72. The molecule has 0 saturated carbocycles. The number of rotatable bonds is 5. The fourth-order valence-electron chi connectivity index (χ4n) is 2.78. The topological polar surface area (TPSA) is 29.5 Å². The van der Waals surface area contributed by atoms with Gasteiger partial charge in [-0.15, -0.1) is 0 Å². The number of fused-ring (bicyclic) bond motifs is 1. The van der Waals surface area contributed by atoms with Crippen LogP contribution < -0.4 is 0 Å². The number of likely N-dealkylation sites (N-methyl/N-ethyl adjacent to an activating group) is 1. The number of nitrogens with zero attached hydrogens (tertiary/aromatic N) is 1. The highest BCUT2D eigenvalue weighted by Gasteiger charge is 2.37. The SMILES string of the molecule is COC1=CC=CC2C1C(CCCC(F)F)=CC(=O)N2C. The molecule has 2 atom stereocenters. The van der Waals surface area contributed by atoms with Gasteiger partial charge in [0.25, 0.3) is 0 Å². The second kappa shape index (κ2) is 6.20. The molecule has 2 rings (SSSR count). The second-order valence-corrected chi connectivity index (χ2v) is 5.08. The molecule has 0 saturated heterocycles. The molecule has 0 fully saturated rings. The molecule has 110 valence electrons. The monoisotopic (exact) mass is 283 g/mol. The van der Waals surface area contributed by atoms with Crippen molar-refractivity contribution in [2.75, 3.05) is 14.2 Å². The van der Waals surface area contributed by atoms with E-state index in [9.17, 15) is 13.6 Å². The minimum atomic E-state index is -2.29. The maximum atomic E-state index is 12.3. The lowest BCUT2D eigenvalue weighted by Gasteiger charge is -2.39. The molecule has 1 amide bonds. The van der Waals surface area contributed by atoms with Crippen LogP contribution in [0.2, 0.25) is 0 Å². The van der Waals surface area contributed by atoms with Crippen molar-refractivity contribution >= 4 is 5.91 Å². The van der Waals surface area contributed by atoms with Crippen LogP contribution in [0.25, 0.3) is 0 Å². The van der Waals surface area contributed by atoms with E-state index in [1.165, 1.54) is 0 Å². The van der Waals surface area contributed by atoms with Gasteiger partial charge in [-0.25, -0.2) is 8.78 Å². The maximum Gasteiger partial charge on any atom is 0.246 e. The molecule has 0 N–H and O–H groups in total. The number of hydrogen-bond acceptors (Lipinski definition) is 2. The van der Waals surface area contributed by atoms with E-state index in [0.29, 0.717) is 12.8 Å². The maximum absolute atomic E-state index is 12.3. The molecule has 1 aliphatic heterocycles. The van der Waals surface area contributed by atoms with Gasteiger partial charge < -0.3 is 9.64 Å². The van der Waals surface area contributed by atoms with E-state index < -0.39 is 6.43 Å². The molecule has 0 aromatic rings. The molecule has 2 aliphatic rings. The fraction of sp³-hybridized carbons (Fsp3) is 0.533. The highest BCUT2D eigenvalue weighted by molar-refractivity contribution is 5.90. The number of ether oxygens (including phenoxy) is 1. The largest absolute Gasteiger partial charge is 0.500 e. The smallest absolute Gasteiger partial charge is 0.246 e. The molecule has 1 heterocycles. The lowest BCUT2D eigenvalue weighted by Crippen LogP contribution is -2.46. The third-order valence-corrected chi connectivity index (χ3v) is 3.84. The van der Waals surface area contributed by atoms with Crippen molar-refractivity contribution in [2.24, 2.45) is 5.92 Å². The molecule has 5 heteroatoms. The Bertz CT molecular complexity index is 468. The van der Waals surface area contributed by atoms with Gasteiger partial charge >= 0.3 is 0 Å². The van der Waals surface area contributed by atoms with E-state index in [0.717, 1.165) is 11.3 Å². The number of alkyl halides is 2. The first kappa shape index (κ1) is 14.8. The number of halogens is 2. The highest BCUT2D eigenvalue weighted by Crippen LogP contribution is 2.37. The van der Waals surface area contributed by atoms with E-state index in [4.69, 9.17) is 4.74 Å². The van der Waals surface area contributed by atoms with Crippen LogP contribution in [-0.2, 0) is 9.53 Å². The summed E-state index contributed by atoms with van der Waals surface area (Å²) in [6, 6.07) is -0.0889. The quantitative estimate of drug-likeness (QED) is 0.776. The molecule has 3 nitrogen and oxygen atoms in total. The van der Waals surface area contributed by atoms with E-state index in [1.54, 1.807) is 25.1 Å². The van der Waals surface area contributed by atoms with Gasteiger partial charge in [0.2, 0.25) is 12.3 Å². The van der Waals surface area contributed by atoms with E-state index in [2.05, 4.69) is 0 Å². The Kier molecular flexibility index (Phi) is 4.57. The average Bonchev–Trinajstić information content (AvgIpc) is 2.43. The van der Waals surface area contributed by atoms with Crippen molar-refractivity contribution in [2.45, 2.75) is 31.7 Å². The summed E-state index contributed by atoms with van der Waals surface area (Å²) in [5.74, 6) is 0.644. The highest BCUT2D eigenvalue weighted by atomic mass is 19.3. The van der Waals surface area contributed by atoms with Crippen LogP contribution in [-0.4, -0.2) is 37.4 Å². The standard InChI is InChI=1S/C15H19F2NO2/c1-18-11-6-4-7-12(20-2)15(11)10(9-14(18)19)5-3-8-13(16)17/h4,6-7,9,11,13,15H,3,5,8H2,1-2H3. The molecule has 2 unspecified atom stereocenters. The van der Waals surface area contributed by atoms with Crippen molar-refractivity contribution in [1.82, 2.24) is 4.90 Å². The Morgan fingerprint density at radius 1 is 1.45 bits per heavy atom. The Hall–Kier alpha value is -1.65. The Morgan fingerprint density at radius 3 is 2.85 bits per heavy atom. The summed E-state index contributed by atoms with van der Waals surface area (Å²) in [4.78, 5) is 13.6. The summed E-state index contributed by atoms with van der Waals surface area (Å²) in [5.41, 5.74) is 0.885. The summed E-state index contributed by atoms with van der Waals surface area (Å²) in [6.07, 6.45) is 5.70. The van der Waals surface area contributed by atoms with Crippen LogP contribution >= 0.6 is 0 Å². The zero-order chi connectivity index (χ0) is 14.7. The molecular formula is C15H19F2NO2. The first-order valence-corrected chi connectivity index (χ1v) is 6.72. The van der Waals surface area contributed by atoms with Gasteiger partial charge in [-0.1, -0.05) is 17.7 Å². The number of hydrogen-bond donors (Lipinski definition) is 0. The lowest BCUT2D eigenvalue weighted by molar-refractivity contribution is -0.127. The van der Waals surface area contributed by atoms with Crippen LogP contribution in [0.5, 0.6) is 0 Å². The van der Waals surface area contributed by atoms with Gasteiger partial charge in [-0.3, -0.25) is 4.79 Å². The third kappa shape index (κ3) is 2.92. The first-order chi connectivity index (χ1) is 9.54. The molecule has 1 aliphatic carbocycles. The number of methoxy groups -OCH3 is 1. The number of allylic oxidation sites excluding steroid dienone is 2. The second-order valence-electron chi connectivity index (χ2n) is 5.08. The van der Waals surface area contributed by atoms with Gasteiger partial charge in [0.05, 0.1) is 19.1 Å². The molecular weight excluding hydrogens is 264 g/mol. The predicted octanol–water partition coefficient (Wildman–Crippen LogP) is 2.91. The summed E-state index contributed by atoms with van der Waals surface area (Å²) in [7, 11) is 3.34. The van der Waals surface area contributed by atoms with Gasteiger partial charge in [0.15, 0.2) is 0 Å². The summed E-state index contributed by atoms with van der Waals surface area (Å²) in [5, 5.41) is 0. The van der Waals surface area contributed by atoms with Crippen LogP contribution in [0.15, 0.2) is 35.6 Å². The van der Waals surface area contributed by atoms with Crippen molar-refractivity contribution < 1.29 is 18.3 Å². The summed E-state index contributed by atoms with van der Waals surface area (Å²) < 4.78 is 29.9. The molecule has 0 bridgehead atoms. The number of carbonyl (C=O) groups is 1. The fourth-order valence-corrected chi connectivity index (χ4v) is 2.78. The Labute approximate surface area is 117 Å². The van der Waals surface area contributed by atoms with Crippen LogP contribution in [0.3, 0.4) is 0 Å².